The number of nitrogens with one attached hydrogen (secondary N) is 2. The first-order valence-corrected chi connectivity index (χ1v) is 9.79. The van der Waals surface area contributed by atoms with Gasteiger partial charge in [0.25, 0.3) is 5.91 Å². The zero-order valence-electron chi connectivity index (χ0n) is 17.3. The van der Waals surface area contributed by atoms with Crippen molar-refractivity contribution in [1.82, 2.24) is 10.2 Å². The van der Waals surface area contributed by atoms with E-state index in [9.17, 15) is 27.6 Å². The molecule has 0 heterocycles. The molecule has 0 radical (unpaired) electrons. The molecule has 0 saturated carbocycles. The molecular formula is C22H24F3N3O3. The fraction of sp³-hybridized carbons (Fsp3) is 0.318. The van der Waals surface area contributed by atoms with E-state index in [2.05, 4.69) is 10.6 Å². The Morgan fingerprint density at radius 1 is 1.03 bits per heavy atom. The van der Waals surface area contributed by atoms with E-state index < -0.39 is 35.6 Å². The summed E-state index contributed by atoms with van der Waals surface area (Å²) in [4.78, 5) is 38.1. The maximum absolute atomic E-state index is 13.7. The molecule has 0 unspecified atom stereocenters. The molecule has 2 aromatic carbocycles. The van der Waals surface area contributed by atoms with Gasteiger partial charge in [0.05, 0.1) is 12.2 Å². The van der Waals surface area contributed by atoms with Crippen LogP contribution in [0.5, 0.6) is 0 Å². The zero-order chi connectivity index (χ0) is 23.0. The van der Waals surface area contributed by atoms with Crippen LogP contribution in [0.2, 0.25) is 0 Å². The van der Waals surface area contributed by atoms with Gasteiger partial charge in [0.15, 0.2) is 17.5 Å². The number of rotatable bonds is 9. The van der Waals surface area contributed by atoms with Crippen LogP contribution in [0.25, 0.3) is 0 Å². The van der Waals surface area contributed by atoms with Crippen molar-refractivity contribution in [3.05, 3.63) is 65.0 Å². The van der Waals surface area contributed by atoms with E-state index >= 15 is 0 Å². The number of halogens is 3. The van der Waals surface area contributed by atoms with Gasteiger partial charge in [-0.1, -0.05) is 24.6 Å². The maximum atomic E-state index is 13.7. The van der Waals surface area contributed by atoms with Crippen LogP contribution < -0.4 is 10.6 Å². The number of carbonyl (C=O) groups excluding carboxylic acids is 3. The van der Waals surface area contributed by atoms with Gasteiger partial charge >= 0.3 is 0 Å². The van der Waals surface area contributed by atoms with Crippen molar-refractivity contribution in [3.63, 3.8) is 0 Å². The highest BCUT2D eigenvalue weighted by molar-refractivity contribution is 5.95. The molecule has 0 aliphatic heterocycles. The maximum Gasteiger partial charge on any atom is 0.251 e. The fourth-order valence-electron chi connectivity index (χ4n) is 2.88. The molecule has 6 nitrogen and oxygen atoms in total. The molecule has 0 atom stereocenters. The molecule has 0 fully saturated rings. The summed E-state index contributed by atoms with van der Waals surface area (Å²) in [6.45, 7) is 3.62. The molecule has 2 rings (SSSR count). The Bertz CT molecular complexity index is 966. The smallest absolute Gasteiger partial charge is 0.251 e. The molecule has 0 aliphatic rings. The highest BCUT2D eigenvalue weighted by Gasteiger charge is 2.19. The molecule has 0 aliphatic carbocycles. The number of aryl methyl sites for hydroxylation is 1. The molecule has 9 heteroatoms. The Balaban J connectivity index is 1.90. The van der Waals surface area contributed by atoms with Crippen LogP contribution in [0, 0.1) is 24.4 Å². The Morgan fingerprint density at radius 2 is 1.77 bits per heavy atom. The lowest BCUT2D eigenvalue weighted by Crippen LogP contribution is -2.40. The SMILES string of the molecule is CCCN(CC(=O)Nc1ccc(F)c(F)c1F)C(=O)CCNC(=O)c1cccc(C)c1. The Labute approximate surface area is 178 Å². The number of nitrogens with zero attached hydrogens (tertiary/aromatic N) is 1. The van der Waals surface area contributed by atoms with Gasteiger partial charge in [-0.3, -0.25) is 14.4 Å². The number of carbonyl (C=O) groups is 3. The fourth-order valence-corrected chi connectivity index (χ4v) is 2.88. The van der Waals surface area contributed by atoms with Crippen LogP contribution in [0.15, 0.2) is 36.4 Å². The van der Waals surface area contributed by atoms with Crippen LogP contribution in [0.1, 0.15) is 35.7 Å². The van der Waals surface area contributed by atoms with E-state index in [1.54, 1.807) is 18.2 Å². The van der Waals surface area contributed by atoms with Crippen molar-refractivity contribution in [2.45, 2.75) is 26.7 Å². The first kappa shape index (κ1) is 23.9. The van der Waals surface area contributed by atoms with Crippen molar-refractivity contribution in [2.75, 3.05) is 25.0 Å². The summed E-state index contributed by atoms with van der Waals surface area (Å²) in [5, 5.41) is 4.79. The second-order valence-corrected chi connectivity index (χ2v) is 6.96. The van der Waals surface area contributed by atoms with E-state index in [0.29, 0.717) is 18.1 Å². The van der Waals surface area contributed by atoms with Crippen LogP contribution in [-0.4, -0.2) is 42.3 Å². The lowest BCUT2D eigenvalue weighted by molar-refractivity contribution is -0.134. The van der Waals surface area contributed by atoms with Gasteiger partial charge in [-0.2, -0.15) is 0 Å². The third-order valence-corrected chi connectivity index (χ3v) is 4.39. The number of amides is 3. The van der Waals surface area contributed by atoms with E-state index in [4.69, 9.17) is 0 Å². The quantitative estimate of drug-likeness (QED) is 0.593. The van der Waals surface area contributed by atoms with E-state index in [-0.39, 0.29) is 31.3 Å². The molecule has 0 bridgehead atoms. The van der Waals surface area contributed by atoms with Gasteiger partial charge in [-0.15, -0.1) is 0 Å². The standard InChI is InChI=1S/C22H24F3N3O3/c1-3-11-28(13-18(29)27-17-8-7-16(23)20(24)21(17)25)19(30)9-10-26-22(31)15-6-4-5-14(2)12-15/h4-8,12H,3,9-11,13H2,1-2H3,(H,26,31)(H,27,29). The molecule has 0 saturated heterocycles. The Morgan fingerprint density at radius 3 is 2.45 bits per heavy atom. The van der Waals surface area contributed by atoms with Crippen LogP contribution in [0.4, 0.5) is 18.9 Å². The largest absolute Gasteiger partial charge is 0.352 e. The molecule has 2 N–H and O–H groups in total. The summed E-state index contributed by atoms with van der Waals surface area (Å²) in [5.41, 5.74) is 0.894. The first-order valence-electron chi connectivity index (χ1n) is 9.79. The summed E-state index contributed by atoms with van der Waals surface area (Å²) in [6, 6.07) is 8.60. The zero-order valence-corrected chi connectivity index (χ0v) is 17.3. The van der Waals surface area contributed by atoms with Gasteiger partial charge in [-0.05, 0) is 37.6 Å². The molecule has 0 aromatic heterocycles. The van der Waals surface area contributed by atoms with Gasteiger partial charge in [0.1, 0.15) is 0 Å². The lowest BCUT2D eigenvalue weighted by atomic mass is 10.1. The highest BCUT2D eigenvalue weighted by Crippen LogP contribution is 2.19. The topological polar surface area (TPSA) is 78.5 Å². The predicted octanol–water partition coefficient (Wildman–Crippen LogP) is 3.41. The summed E-state index contributed by atoms with van der Waals surface area (Å²) < 4.78 is 40.0. The van der Waals surface area contributed by atoms with Crippen LogP contribution in [0.3, 0.4) is 0 Å². The lowest BCUT2D eigenvalue weighted by Gasteiger charge is -2.22. The van der Waals surface area contributed by atoms with E-state index in [0.717, 1.165) is 11.6 Å². The minimum atomic E-state index is -1.69. The first-order chi connectivity index (χ1) is 14.7. The van der Waals surface area contributed by atoms with Crippen LogP contribution in [-0.2, 0) is 9.59 Å². The third-order valence-electron chi connectivity index (χ3n) is 4.39. The summed E-state index contributed by atoms with van der Waals surface area (Å²) in [6.07, 6.45) is 0.526. The average molecular weight is 435 g/mol. The number of anilines is 1. The Kier molecular flexibility index (Phi) is 8.60. The second kappa shape index (κ2) is 11.1. The third kappa shape index (κ3) is 6.84. The monoisotopic (exact) mass is 435 g/mol. The van der Waals surface area contributed by atoms with Crippen molar-refractivity contribution in [2.24, 2.45) is 0 Å². The molecule has 31 heavy (non-hydrogen) atoms. The number of hydrogen-bond donors (Lipinski definition) is 2. The van der Waals surface area contributed by atoms with Crippen molar-refractivity contribution >= 4 is 23.4 Å². The average Bonchev–Trinajstić information content (AvgIpc) is 2.73. The minimum Gasteiger partial charge on any atom is -0.352 e. The normalized spacial score (nSPS) is 10.5. The predicted molar refractivity (Wildman–Crippen MR) is 110 cm³/mol. The molecule has 0 spiro atoms. The second-order valence-electron chi connectivity index (χ2n) is 6.96. The molecule has 2 aromatic rings. The van der Waals surface area contributed by atoms with Crippen molar-refractivity contribution in [3.8, 4) is 0 Å². The van der Waals surface area contributed by atoms with Gasteiger partial charge in [0, 0.05) is 25.1 Å². The summed E-state index contributed by atoms with van der Waals surface area (Å²) >= 11 is 0. The summed E-state index contributed by atoms with van der Waals surface area (Å²) in [7, 11) is 0. The minimum absolute atomic E-state index is 0.0373. The molecule has 3 amide bonds. The van der Waals surface area contributed by atoms with E-state index in [1.165, 1.54) is 4.90 Å². The number of benzene rings is 2. The highest BCUT2D eigenvalue weighted by atomic mass is 19.2. The van der Waals surface area contributed by atoms with Crippen molar-refractivity contribution in [1.29, 1.82) is 0 Å². The molecule has 166 valence electrons. The Hall–Kier alpha value is -3.36. The van der Waals surface area contributed by atoms with Gasteiger partial charge in [0.2, 0.25) is 11.8 Å². The number of hydrogen-bond acceptors (Lipinski definition) is 3. The summed E-state index contributed by atoms with van der Waals surface area (Å²) in [5.74, 6) is -6.02. The van der Waals surface area contributed by atoms with Gasteiger partial charge < -0.3 is 15.5 Å². The van der Waals surface area contributed by atoms with Crippen LogP contribution >= 0.6 is 0 Å². The van der Waals surface area contributed by atoms with E-state index in [1.807, 2.05) is 19.9 Å². The molecular weight excluding hydrogens is 411 g/mol. The van der Waals surface area contributed by atoms with Crippen molar-refractivity contribution < 1.29 is 27.6 Å². The van der Waals surface area contributed by atoms with Gasteiger partial charge in [-0.25, -0.2) is 13.2 Å².